The van der Waals surface area contributed by atoms with Gasteiger partial charge in [-0.1, -0.05) is 65.4 Å². The Morgan fingerprint density at radius 3 is 2.67 bits per heavy atom. The van der Waals surface area contributed by atoms with E-state index in [1.165, 1.54) is 11.3 Å². The van der Waals surface area contributed by atoms with Crippen LogP contribution in [0.4, 0.5) is 5.13 Å². The van der Waals surface area contributed by atoms with Crippen LogP contribution in [0.1, 0.15) is 23.0 Å². The summed E-state index contributed by atoms with van der Waals surface area (Å²) >= 11 is 7.81. The number of carbonyl (C=O) groups is 1. The highest BCUT2D eigenvalue weighted by Gasteiger charge is 2.27. The van der Waals surface area contributed by atoms with Crippen molar-refractivity contribution in [2.24, 2.45) is 0 Å². The number of hydrogen-bond acceptors (Lipinski definition) is 5. The standard InChI is InChI=1S/C26H20ClN3O2S/c1-2-32-21-14-13-17-8-3-4-10-19(17)23(21)25(31)30(16-18-9-5-6-15-28-18)26-29-24-20(27)11-7-12-22(24)33-26/h3-15H,2,16H2,1H3. The van der Waals surface area contributed by atoms with Crippen molar-refractivity contribution in [2.75, 3.05) is 11.5 Å². The number of halogens is 1. The number of hydrogen-bond donors (Lipinski definition) is 0. The number of rotatable bonds is 6. The van der Waals surface area contributed by atoms with Crippen molar-refractivity contribution in [1.29, 1.82) is 0 Å². The van der Waals surface area contributed by atoms with Gasteiger partial charge in [0.1, 0.15) is 11.3 Å². The molecular formula is C26H20ClN3O2S. The van der Waals surface area contributed by atoms with E-state index in [-0.39, 0.29) is 12.5 Å². The van der Waals surface area contributed by atoms with Crippen molar-refractivity contribution in [1.82, 2.24) is 9.97 Å². The van der Waals surface area contributed by atoms with Gasteiger partial charge in [-0.2, -0.15) is 0 Å². The van der Waals surface area contributed by atoms with Gasteiger partial charge in [0.15, 0.2) is 5.13 Å². The number of amides is 1. The maximum atomic E-state index is 14.2. The second-order valence-corrected chi connectivity index (χ2v) is 8.80. The van der Waals surface area contributed by atoms with E-state index in [1.807, 2.05) is 73.7 Å². The minimum Gasteiger partial charge on any atom is -0.493 e. The third kappa shape index (κ3) is 4.15. The quantitative estimate of drug-likeness (QED) is 0.274. The van der Waals surface area contributed by atoms with E-state index in [0.717, 1.165) is 21.2 Å². The first-order valence-electron chi connectivity index (χ1n) is 10.6. The van der Waals surface area contributed by atoms with Crippen LogP contribution in [0, 0.1) is 0 Å². The summed E-state index contributed by atoms with van der Waals surface area (Å²) in [6.07, 6.45) is 1.72. The molecule has 164 valence electrons. The van der Waals surface area contributed by atoms with E-state index in [0.29, 0.717) is 33.6 Å². The van der Waals surface area contributed by atoms with Gasteiger partial charge in [-0.3, -0.25) is 14.7 Å². The fourth-order valence-corrected chi connectivity index (χ4v) is 5.04. The molecule has 5 nitrogen and oxygen atoms in total. The van der Waals surface area contributed by atoms with Crippen LogP contribution in [0.15, 0.2) is 79.0 Å². The van der Waals surface area contributed by atoms with Gasteiger partial charge in [0, 0.05) is 6.20 Å². The Kier molecular flexibility index (Phi) is 5.94. The second-order valence-electron chi connectivity index (χ2n) is 7.39. The molecule has 0 fully saturated rings. The Bertz CT molecular complexity index is 1450. The van der Waals surface area contributed by atoms with Gasteiger partial charge in [0.2, 0.25) is 0 Å². The van der Waals surface area contributed by atoms with Crippen molar-refractivity contribution in [3.05, 3.63) is 95.3 Å². The highest BCUT2D eigenvalue weighted by molar-refractivity contribution is 7.22. The van der Waals surface area contributed by atoms with Crippen LogP contribution in [0.25, 0.3) is 21.0 Å². The first kappa shape index (κ1) is 21.4. The summed E-state index contributed by atoms with van der Waals surface area (Å²) in [5, 5.41) is 2.91. The molecule has 0 atom stereocenters. The second kappa shape index (κ2) is 9.17. The Morgan fingerprint density at radius 1 is 1.03 bits per heavy atom. The number of nitrogens with zero attached hydrogens (tertiary/aromatic N) is 3. The number of fused-ring (bicyclic) bond motifs is 2. The summed E-state index contributed by atoms with van der Waals surface area (Å²) in [5.41, 5.74) is 1.95. The van der Waals surface area contributed by atoms with Crippen molar-refractivity contribution in [3.63, 3.8) is 0 Å². The molecule has 0 aliphatic rings. The van der Waals surface area contributed by atoms with Crippen molar-refractivity contribution < 1.29 is 9.53 Å². The minimum absolute atomic E-state index is 0.198. The van der Waals surface area contributed by atoms with Crippen LogP contribution >= 0.6 is 22.9 Å². The summed E-state index contributed by atoms with van der Waals surface area (Å²) in [4.78, 5) is 25.0. The number of anilines is 1. The lowest BCUT2D eigenvalue weighted by Crippen LogP contribution is -2.31. The average Bonchev–Trinajstić information content (AvgIpc) is 3.28. The van der Waals surface area contributed by atoms with E-state index in [9.17, 15) is 4.79 Å². The zero-order valence-electron chi connectivity index (χ0n) is 17.9. The lowest BCUT2D eigenvalue weighted by atomic mass is 10.0. The Morgan fingerprint density at radius 2 is 1.88 bits per heavy atom. The molecule has 3 aromatic carbocycles. The molecule has 2 heterocycles. The maximum absolute atomic E-state index is 14.2. The lowest BCUT2D eigenvalue weighted by Gasteiger charge is -2.22. The molecule has 33 heavy (non-hydrogen) atoms. The molecule has 2 aromatic heterocycles. The molecule has 0 bridgehead atoms. The first-order chi connectivity index (χ1) is 16.2. The normalized spacial score (nSPS) is 11.1. The molecule has 0 aliphatic carbocycles. The Balaban J connectivity index is 1.69. The fraction of sp³-hybridized carbons (Fsp3) is 0.115. The van der Waals surface area contributed by atoms with Crippen LogP contribution < -0.4 is 9.64 Å². The molecule has 0 spiro atoms. The molecule has 0 unspecified atom stereocenters. The van der Waals surface area contributed by atoms with E-state index >= 15 is 0 Å². The zero-order chi connectivity index (χ0) is 22.8. The molecule has 5 aromatic rings. The van der Waals surface area contributed by atoms with Crippen LogP contribution in [0.5, 0.6) is 5.75 Å². The van der Waals surface area contributed by atoms with E-state index < -0.39 is 0 Å². The average molecular weight is 474 g/mol. The summed E-state index contributed by atoms with van der Waals surface area (Å²) in [7, 11) is 0. The van der Waals surface area contributed by atoms with Gasteiger partial charge >= 0.3 is 0 Å². The van der Waals surface area contributed by atoms with Gasteiger partial charge in [-0.25, -0.2) is 4.98 Å². The third-order valence-electron chi connectivity index (χ3n) is 5.29. The van der Waals surface area contributed by atoms with Gasteiger partial charge in [-0.15, -0.1) is 0 Å². The summed E-state index contributed by atoms with van der Waals surface area (Å²) < 4.78 is 6.80. The van der Waals surface area contributed by atoms with Crippen molar-refractivity contribution in [3.8, 4) is 5.75 Å². The monoisotopic (exact) mass is 473 g/mol. The van der Waals surface area contributed by atoms with Crippen LogP contribution in [0.3, 0.4) is 0 Å². The molecule has 0 N–H and O–H groups in total. The largest absolute Gasteiger partial charge is 0.493 e. The smallest absolute Gasteiger partial charge is 0.264 e. The minimum atomic E-state index is -0.198. The van der Waals surface area contributed by atoms with Gasteiger partial charge in [-0.05, 0) is 48.0 Å². The SMILES string of the molecule is CCOc1ccc2ccccc2c1C(=O)N(Cc1ccccn1)c1nc2c(Cl)cccc2s1. The highest BCUT2D eigenvalue weighted by Crippen LogP contribution is 2.36. The number of ether oxygens (including phenoxy) is 1. The van der Waals surface area contributed by atoms with Crippen LogP contribution in [-0.4, -0.2) is 22.5 Å². The Labute approximate surface area is 200 Å². The fourth-order valence-electron chi connectivity index (χ4n) is 3.78. The van der Waals surface area contributed by atoms with Gasteiger partial charge in [0.05, 0.1) is 34.1 Å². The summed E-state index contributed by atoms with van der Waals surface area (Å²) in [6.45, 7) is 2.63. The third-order valence-corrected chi connectivity index (χ3v) is 6.63. The number of thiazole rings is 1. The van der Waals surface area contributed by atoms with Gasteiger partial charge < -0.3 is 4.74 Å². The maximum Gasteiger partial charge on any atom is 0.264 e. The molecule has 1 amide bonds. The van der Waals surface area contributed by atoms with Crippen molar-refractivity contribution in [2.45, 2.75) is 13.5 Å². The molecule has 0 saturated carbocycles. The molecule has 7 heteroatoms. The summed E-state index contributed by atoms with van der Waals surface area (Å²) in [5.74, 6) is 0.349. The zero-order valence-corrected chi connectivity index (χ0v) is 19.4. The van der Waals surface area contributed by atoms with Crippen molar-refractivity contribution >= 4 is 55.0 Å². The van der Waals surface area contributed by atoms with E-state index in [1.54, 1.807) is 17.2 Å². The molecule has 0 aliphatic heterocycles. The predicted molar refractivity (Wildman–Crippen MR) is 134 cm³/mol. The number of para-hydroxylation sites is 1. The number of pyridine rings is 1. The number of carbonyl (C=O) groups excluding carboxylic acids is 1. The van der Waals surface area contributed by atoms with Crippen LogP contribution in [0.2, 0.25) is 5.02 Å². The lowest BCUT2D eigenvalue weighted by molar-refractivity contribution is 0.0983. The molecular weight excluding hydrogens is 454 g/mol. The number of benzene rings is 3. The van der Waals surface area contributed by atoms with E-state index in [4.69, 9.17) is 21.3 Å². The predicted octanol–water partition coefficient (Wildman–Crippen LogP) is 6.74. The molecule has 0 radical (unpaired) electrons. The van der Waals surface area contributed by atoms with E-state index in [2.05, 4.69) is 4.98 Å². The van der Waals surface area contributed by atoms with Gasteiger partial charge in [0.25, 0.3) is 5.91 Å². The van der Waals surface area contributed by atoms with Crippen LogP contribution in [-0.2, 0) is 6.54 Å². The highest BCUT2D eigenvalue weighted by atomic mass is 35.5. The number of aromatic nitrogens is 2. The summed E-state index contributed by atoms with van der Waals surface area (Å²) in [6, 6.07) is 22.9. The topological polar surface area (TPSA) is 55.3 Å². The molecule has 5 rings (SSSR count). The molecule has 0 saturated heterocycles. The Hall–Kier alpha value is -3.48. The first-order valence-corrected chi connectivity index (χ1v) is 11.8.